The first-order valence-corrected chi connectivity index (χ1v) is 3.51. The van der Waals surface area contributed by atoms with Crippen LogP contribution < -0.4 is 0 Å². The number of morpholine rings is 1. The highest BCUT2D eigenvalue weighted by molar-refractivity contribution is 9.09. The number of rotatable bonds is 0. The molecule has 2 nitrogen and oxygen atoms in total. The van der Waals surface area contributed by atoms with Gasteiger partial charge in [0, 0.05) is 6.54 Å². The molecule has 1 heterocycles. The zero-order valence-corrected chi connectivity index (χ0v) is 6.39. The topological polar surface area (TPSA) is 12.5 Å². The SMILES string of the molecule is CN1CCO[CH]C1Br. The summed E-state index contributed by atoms with van der Waals surface area (Å²) in [5.41, 5.74) is 0. The van der Waals surface area contributed by atoms with Crippen molar-refractivity contribution < 1.29 is 4.74 Å². The van der Waals surface area contributed by atoms with E-state index in [4.69, 9.17) is 4.74 Å². The highest BCUT2D eigenvalue weighted by atomic mass is 79.9. The molecule has 1 aliphatic rings. The molecule has 8 heavy (non-hydrogen) atoms. The summed E-state index contributed by atoms with van der Waals surface area (Å²) >= 11 is 3.40. The van der Waals surface area contributed by atoms with Gasteiger partial charge in [0.2, 0.25) is 0 Å². The maximum Gasteiger partial charge on any atom is 0.111 e. The lowest BCUT2D eigenvalue weighted by atomic mass is 10.5. The highest BCUT2D eigenvalue weighted by Crippen LogP contribution is 2.12. The summed E-state index contributed by atoms with van der Waals surface area (Å²) in [7, 11) is 2.05. The third-order valence-electron chi connectivity index (χ3n) is 1.19. The molecule has 3 heteroatoms. The third kappa shape index (κ3) is 1.44. The standard InChI is InChI=1S/C5H9BrNO/c1-7-2-3-8-4-5(7)6/h4-5H,2-3H2,1H3. The van der Waals surface area contributed by atoms with Crippen molar-refractivity contribution in [2.75, 3.05) is 20.2 Å². The number of nitrogens with zero attached hydrogens (tertiary/aromatic N) is 1. The molecule has 0 spiro atoms. The fourth-order valence-corrected chi connectivity index (χ4v) is 0.929. The predicted octanol–water partition coefficient (Wildman–Crippen LogP) is 0.831. The minimum absolute atomic E-state index is 0.302. The largest absolute Gasteiger partial charge is 0.372 e. The molecule has 0 aromatic carbocycles. The van der Waals surface area contributed by atoms with Gasteiger partial charge in [-0.3, -0.25) is 4.90 Å². The maximum atomic E-state index is 5.04. The van der Waals surface area contributed by atoms with Gasteiger partial charge in [-0.15, -0.1) is 0 Å². The summed E-state index contributed by atoms with van der Waals surface area (Å²) in [6.07, 6.45) is 0. The van der Waals surface area contributed by atoms with Gasteiger partial charge >= 0.3 is 0 Å². The first kappa shape index (κ1) is 6.52. The Hall–Kier alpha value is 0.400. The molecule has 1 aliphatic heterocycles. The lowest BCUT2D eigenvalue weighted by molar-refractivity contribution is 0.0908. The Morgan fingerprint density at radius 3 is 3.00 bits per heavy atom. The summed E-state index contributed by atoms with van der Waals surface area (Å²) in [5, 5.41) is 0. The van der Waals surface area contributed by atoms with E-state index in [1.165, 1.54) is 0 Å². The fraction of sp³-hybridized carbons (Fsp3) is 0.800. The molecule has 0 bridgehead atoms. The van der Waals surface area contributed by atoms with Crippen molar-refractivity contribution in [3.05, 3.63) is 6.61 Å². The molecule has 0 N–H and O–H groups in total. The van der Waals surface area contributed by atoms with E-state index in [0.717, 1.165) is 13.2 Å². The number of alkyl halides is 1. The van der Waals surface area contributed by atoms with Crippen molar-refractivity contribution in [3.63, 3.8) is 0 Å². The van der Waals surface area contributed by atoms with Crippen molar-refractivity contribution in [2.24, 2.45) is 0 Å². The van der Waals surface area contributed by atoms with E-state index < -0.39 is 0 Å². The highest BCUT2D eigenvalue weighted by Gasteiger charge is 2.15. The van der Waals surface area contributed by atoms with Crippen LogP contribution in [0, 0.1) is 6.61 Å². The predicted molar refractivity (Wildman–Crippen MR) is 35.6 cm³/mol. The van der Waals surface area contributed by atoms with Crippen molar-refractivity contribution in [3.8, 4) is 0 Å². The van der Waals surface area contributed by atoms with E-state index in [0.29, 0.717) is 4.95 Å². The van der Waals surface area contributed by atoms with E-state index in [2.05, 4.69) is 27.9 Å². The minimum atomic E-state index is 0.302. The number of hydrogen-bond donors (Lipinski definition) is 0. The monoisotopic (exact) mass is 178 g/mol. The summed E-state index contributed by atoms with van der Waals surface area (Å²) in [5.74, 6) is 0. The van der Waals surface area contributed by atoms with Gasteiger partial charge in [-0.25, -0.2) is 0 Å². The Kier molecular flexibility index (Phi) is 2.28. The molecular weight excluding hydrogens is 170 g/mol. The van der Waals surface area contributed by atoms with Crippen molar-refractivity contribution in [2.45, 2.75) is 4.95 Å². The number of likely N-dealkylation sites (N-methyl/N-ethyl adjacent to an activating group) is 1. The van der Waals surface area contributed by atoms with Crippen LogP contribution in [0.1, 0.15) is 0 Å². The minimum Gasteiger partial charge on any atom is -0.372 e. The maximum absolute atomic E-state index is 5.04. The summed E-state index contributed by atoms with van der Waals surface area (Å²) in [6.45, 7) is 3.62. The summed E-state index contributed by atoms with van der Waals surface area (Å²) in [6, 6.07) is 0. The van der Waals surface area contributed by atoms with Crippen LogP contribution >= 0.6 is 15.9 Å². The van der Waals surface area contributed by atoms with E-state index in [-0.39, 0.29) is 0 Å². The third-order valence-corrected chi connectivity index (χ3v) is 2.11. The first-order valence-electron chi connectivity index (χ1n) is 2.60. The second-order valence-corrected chi connectivity index (χ2v) is 2.80. The molecule has 0 aromatic rings. The van der Waals surface area contributed by atoms with Crippen LogP contribution in [-0.2, 0) is 4.74 Å². The molecule has 0 aromatic heterocycles. The zero-order chi connectivity index (χ0) is 5.98. The Bertz CT molecular complexity index is 68.8. The average Bonchev–Trinajstić information content (AvgIpc) is 1.77. The van der Waals surface area contributed by atoms with Gasteiger partial charge in [0.15, 0.2) is 0 Å². The Balaban J connectivity index is 2.28. The molecular formula is C5H9BrNO. The molecule has 47 valence electrons. The van der Waals surface area contributed by atoms with E-state index >= 15 is 0 Å². The summed E-state index contributed by atoms with van der Waals surface area (Å²) < 4.78 is 5.04. The van der Waals surface area contributed by atoms with Crippen LogP contribution in [0.3, 0.4) is 0 Å². The Morgan fingerprint density at radius 2 is 2.62 bits per heavy atom. The van der Waals surface area contributed by atoms with Crippen LogP contribution in [-0.4, -0.2) is 30.1 Å². The number of halogens is 1. The smallest absolute Gasteiger partial charge is 0.111 e. The van der Waals surface area contributed by atoms with Crippen molar-refractivity contribution in [1.29, 1.82) is 0 Å². The van der Waals surface area contributed by atoms with Gasteiger partial charge in [0.05, 0.1) is 11.6 Å². The molecule has 1 rings (SSSR count). The van der Waals surface area contributed by atoms with E-state index in [9.17, 15) is 0 Å². The molecule has 1 unspecified atom stereocenters. The van der Waals surface area contributed by atoms with Crippen LogP contribution in [0.15, 0.2) is 0 Å². The van der Waals surface area contributed by atoms with Gasteiger partial charge in [0.25, 0.3) is 0 Å². The average molecular weight is 179 g/mol. The fourth-order valence-electron chi connectivity index (χ4n) is 0.571. The zero-order valence-electron chi connectivity index (χ0n) is 4.80. The van der Waals surface area contributed by atoms with Gasteiger partial charge in [-0.2, -0.15) is 0 Å². The van der Waals surface area contributed by atoms with Gasteiger partial charge < -0.3 is 4.74 Å². The normalized spacial score (nSPS) is 33.0. The van der Waals surface area contributed by atoms with Crippen LogP contribution in [0.25, 0.3) is 0 Å². The second kappa shape index (κ2) is 2.80. The van der Waals surface area contributed by atoms with Crippen LogP contribution in [0.4, 0.5) is 0 Å². The molecule has 1 radical (unpaired) electrons. The summed E-state index contributed by atoms with van der Waals surface area (Å²) in [4.78, 5) is 2.47. The Morgan fingerprint density at radius 1 is 1.88 bits per heavy atom. The molecule has 1 saturated heterocycles. The second-order valence-electron chi connectivity index (χ2n) is 1.86. The van der Waals surface area contributed by atoms with E-state index in [1.54, 1.807) is 6.61 Å². The van der Waals surface area contributed by atoms with Gasteiger partial charge in [0.1, 0.15) is 6.61 Å². The molecule has 0 amide bonds. The van der Waals surface area contributed by atoms with Crippen LogP contribution in [0.5, 0.6) is 0 Å². The van der Waals surface area contributed by atoms with Gasteiger partial charge in [-0.1, -0.05) is 15.9 Å². The lowest BCUT2D eigenvalue weighted by Gasteiger charge is -2.26. The first-order chi connectivity index (χ1) is 3.80. The van der Waals surface area contributed by atoms with Crippen molar-refractivity contribution in [1.82, 2.24) is 4.90 Å². The number of hydrogen-bond acceptors (Lipinski definition) is 2. The molecule has 0 aliphatic carbocycles. The van der Waals surface area contributed by atoms with Crippen molar-refractivity contribution >= 4 is 15.9 Å². The number of ether oxygens (including phenoxy) is 1. The van der Waals surface area contributed by atoms with E-state index in [1.807, 2.05) is 0 Å². The molecule has 1 atom stereocenters. The Labute approximate surface area is 57.9 Å². The molecule has 0 saturated carbocycles. The molecule has 1 fully saturated rings. The quantitative estimate of drug-likeness (QED) is 0.403. The lowest BCUT2D eigenvalue weighted by Crippen LogP contribution is -2.35. The van der Waals surface area contributed by atoms with Gasteiger partial charge in [-0.05, 0) is 7.05 Å². The van der Waals surface area contributed by atoms with Crippen LogP contribution in [0.2, 0.25) is 0 Å².